The highest BCUT2D eigenvalue weighted by Crippen LogP contribution is 2.35. The van der Waals surface area contributed by atoms with E-state index in [1.54, 1.807) is 12.0 Å². The number of unbranched alkanes of at least 4 members (excludes halogenated alkanes) is 7. The Morgan fingerprint density at radius 3 is 1.95 bits per heavy atom. The lowest BCUT2D eigenvalue weighted by molar-refractivity contribution is 0.0264. The predicted molar refractivity (Wildman–Crippen MR) is 162 cm³/mol. The number of ether oxygens (including phenoxy) is 3. The highest BCUT2D eigenvalue weighted by molar-refractivity contribution is 5.68. The van der Waals surface area contributed by atoms with Crippen LogP contribution in [0.5, 0.6) is 5.75 Å². The van der Waals surface area contributed by atoms with Crippen LogP contribution in [0.1, 0.15) is 117 Å². The molecule has 1 atom stereocenters. The van der Waals surface area contributed by atoms with Crippen LogP contribution in [0.4, 0.5) is 9.59 Å². The monoisotopic (exact) mass is 558 g/mol. The Balaban J connectivity index is 1.74. The first-order valence-corrected chi connectivity index (χ1v) is 15.2. The lowest BCUT2D eigenvalue weighted by atomic mass is 9.83. The summed E-state index contributed by atoms with van der Waals surface area (Å²) in [4.78, 5) is 26.0. The number of amides is 2. The molecule has 0 aromatic heterocycles. The molecule has 0 fully saturated rings. The van der Waals surface area contributed by atoms with Crippen LogP contribution < -0.4 is 10.1 Å². The zero-order valence-corrected chi connectivity index (χ0v) is 26.1. The summed E-state index contributed by atoms with van der Waals surface area (Å²) in [5.74, 6) is 1.24. The summed E-state index contributed by atoms with van der Waals surface area (Å²) in [6.45, 7) is 13.3. The summed E-state index contributed by atoms with van der Waals surface area (Å²) in [6.07, 6.45) is 13.1. The van der Waals surface area contributed by atoms with Gasteiger partial charge in [0.15, 0.2) is 0 Å². The van der Waals surface area contributed by atoms with Crippen LogP contribution in [0.2, 0.25) is 0 Å². The fourth-order valence-corrected chi connectivity index (χ4v) is 4.93. The fraction of sp³-hybridized carbons (Fsp3) is 0.697. The van der Waals surface area contributed by atoms with E-state index in [-0.39, 0.29) is 12.2 Å². The molecule has 1 unspecified atom stereocenters. The van der Waals surface area contributed by atoms with E-state index in [0.717, 1.165) is 31.4 Å². The minimum Gasteiger partial charge on any atom is -0.497 e. The van der Waals surface area contributed by atoms with Crippen molar-refractivity contribution in [3.05, 3.63) is 41.5 Å². The molecular formula is C33H54N2O5. The maximum atomic E-state index is 12.5. The highest BCUT2D eigenvalue weighted by Gasteiger charge is 2.26. The van der Waals surface area contributed by atoms with Gasteiger partial charge in [0, 0.05) is 25.6 Å². The minimum atomic E-state index is -0.480. The van der Waals surface area contributed by atoms with Gasteiger partial charge in [0.25, 0.3) is 0 Å². The van der Waals surface area contributed by atoms with Gasteiger partial charge in [0.2, 0.25) is 0 Å². The number of nitrogens with zero attached hydrogens (tertiary/aromatic N) is 1. The molecule has 1 aromatic carbocycles. The maximum absolute atomic E-state index is 12.5. The summed E-state index contributed by atoms with van der Waals surface area (Å²) in [7, 11) is 1.70. The number of nitrogens with one attached hydrogen (secondary N) is 1. The van der Waals surface area contributed by atoms with E-state index >= 15 is 0 Å². The number of carbonyl (C=O) groups is 2. The Morgan fingerprint density at radius 2 is 1.43 bits per heavy atom. The number of rotatable bonds is 14. The summed E-state index contributed by atoms with van der Waals surface area (Å²) in [6, 6.07) is 8.45. The molecule has 1 aliphatic heterocycles. The second-order valence-electron chi connectivity index (χ2n) is 12.8. The molecule has 7 heteroatoms. The number of carbonyl (C=O) groups excluding carboxylic acids is 2. The van der Waals surface area contributed by atoms with Crippen LogP contribution in [0, 0.1) is 0 Å². The van der Waals surface area contributed by atoms with Gasteiger partial charge < -0.3 is 24.4 Å². The van der Waals surface area contributed by atoms with E-state index in [4.69, 9.17) is 14.2 Å². The predicted octanol–water partition coefficient (Wildman–Crippen LogP) is 8.38. The summed E-state index contributed by atoms with van der Waals surface area (Å²) in [5.41, 5.74) is 1.81. The Bertz CT molecular complexity index is 928. The lowest BCUT2D eigenvalue weighted by Crippen LogP contribution is -2.39. The number of hydrogen-bond donors (Lipinski definition) is 1. The molecule has 40 heavy (non-hydrogen) atoms. The van der Waals surface area contributed by atoms with Crippen molar-refractivity contribution in [1.82, 2.24) is 10.2 Å². The average molecular weight is 559 g/mol. The Morgan fingerprint density at radius 1 is 0.850 bits per heavy atom. The Kier molecular flexibility index (Phi) is 13.9. The van der Waals surface area contributed by atoms with Crippen molar-refractivity contribution in [1.29, 1.82) is 0 Å². The summed E-state index contributed by atoms with van der Waals surface area (Å²) >= 11 is 0. The Labute approximate surface area is 243 Å². The molecule has 2 amide bonds. The van der Waals surface area contributed by atoms with E-state index in [1.165, 1.54) is 49.7 Å². The van der Waals surface area contributed by atoms with Gasteiger partial charge in [-0.3, -0.25) is 0 Å². The number of methoxy groups -OCH3 is 1. The molecule has 1 heterocycles. The van der Waals surface area contributed by atoms with Gasteiger partial charge in [-0.25, -0.2) is 9.59 Å². The quantitative estimate of drug-likeness (QED) is 0.183. The molecule has 0 aliphatic carbocycles. The summed E-state index contributed by atoms with van der Waals surface area (Å²) < 4.78 is 16.2. The van der Waals surface area contributed by atoms with Crippen LogP contribution in [0.25, 0.3) is 0 Å². The molecule has 0 spiro atoms. The van der Waals surface area contributed by atoms with Crippen LogP contribution in [-0.2, 0) is 9.47 Å². The fourth-order valence-electron chi connectivity index (χ4n) is 4.93. The molecule has 0 bridgehead atoms. The summed E-state index contributed by atoms with van der Waals surface area (Å²) in [5, 5.41) is 2.83. The van der Waals surface area contributed by atoms with Gasteiger partial charge in [0.05, 0.1) is 7.11 Å². The lowest BCUT2D eigenvalue weighted by Gasteiger charge is -2.32. The van der Waals surface area contributed by atoms with Gasteiger partial charge in [-0.05, 0) is 78.5 Å². The topological polar surface area (TPSA) is 77.1 Å². The van der Waals surface area contributed by atoms with Crippen molar-refractivity contribution in [3.63, 3.8) is 0 Å². The maximum Gasteiger partial charge on any atom is 0.410 e. The SMILES string of the molecule is COc1ccc(C(CCCCCCCCCCNC(=O)OC(C)(C)C)C2=CCN(C(=O)OC(C)(C)C)CC2)cc1. The van der Waals surface area contributed by atoms with Crippen molar-refractivity contribution in [2.24, 2.45) is 0 Å². The largest absolute Gasteiger partial charge is 0.497 e. The van der Waals surface area contributed by atoms with E-state index in [0.29, 0.717) is 25.6 Å². The van der Waals surface area contributed by atoms with Crippen LogP contribution in [0.15, 0.2) is 35.9 Å². The molecule has 1 aromatic rings. The number of alkyl carbamates (subject to hydrolysis) is 1. The smallest absolute Gasteiger partial charge is 0.410 e. The normalized spacial score (nSPS) is 14.8. The molecule has 2 rings (SSSR count). The number of hydrogen-bond acceptors (Lipinski definition) is 5. The Hall–Kier alpha value is -2.70. The van der Waals surface area contributed by atoms with Gasteiger partial charge in [-0.15, -0.1) is 0 Å². The van der Waals surface area contributed by atoms with Crippen LogP contribution >= 0.6 is 0 Å². The molecule has 226 valence electrons. The van der Waals surface area contributed by atoms with E-state index in [9.17, 15) is 9.59 Å². The third-order valence-electron chi connectivity index (χ3n) is 6.95. The first kappa shape index (κ1) is 33.5. The molecule has 1 N–H and O–H groups in total. The van der Waals surface area contributed by atoms with Crippen molar-refractivity contribution < 1.29 is 23.8 Å². The van der Waals surface area contributed by atoms with Gasteiger partial charge in [-0.2, -0.15) is 0 Å². The molecule has 0 saturated carbocycles. The standard InChI is InChI=1S/C33H54N2O5/c1-32(2,3)39-30(36)34-23-15-13-11-9-8-10-12-14-16-29(26-17-19-28(38-7)20-18-26)27-21-24-35(25-22-27)31(37)40-33(4,5)6/h17-21,29H,8-16,22-25H2,1-7H3,(H,34,36). The second-order valence-corrected chi connectivity index (χ2v) is 12.8. The molecular weight excluding hydrogens is 504 g/mol. The first-order chi connectivity index (χ1) is 18.9. The van der Waals surface area contributed by atoms with E-state index in [2.05, 4.69) is 23.5 Å². The van der Waals surface area contributed by atoms with Crippen molar-refractivity contribution in [2.75, 3.05) is 26.7 Å². The van der Waals surface area contributed by atoms with Crippen molar-refractivity contribution in [3.8, 4) is 5.75 Å². The first-order valence-electron chi connectivity index (χ1n) is 15.2. The van der Waals surface area contributed by atoms with Gasteiger partial charge >= 0.3 is 12.2 Å². The molecule has 1 aliphatic rings. The molecule has 0 saturated heterocycles. The van der Waals surface area contributed by atoms with E-state index in [1.807, 2.05) is 53.7 Å². The van der Waals surface area contributed by atoms with Gasteiger partial charge in [0.1, 0.15) is 17.0 Å². The van der Waals surface area contributed by atoms with Crippen LogP contribution in [0.3, 0.4) is 0 Å². The number of benzene rings is 1. The molecule has 0 radical (unpaired) electrons. The third-order valence-corrected chi connectivity index (χ3v) is 6.95. The van der Waals surface area contributed by atoms with E-state index < -0.39 is 11.2 Å². The second kappa shape index (κ2) is 16.5. The van der Waals surface area contributed by atoms with Crippen LogP contribution in [-0.4, -0.2) is 55.0 Å². The third kappa shape index (κ3) is 13.6. The highest BCUT2D eigenvalue weighted by atomic mass is 16.6. The van der Waals surface area contributed by atoms with Crippen molar-refractivity contribution in [2.45, 2.75) is 123 Å². The minimum absolute atomic E-state index is 0.233. The molecule has 7 nitrogen and oxygen atoms in total. The van der Waals surface area contributed by atoms with Gasteiger partial charge in [-0.1, -0.05) is 68.7 Å². The zero-order valence-electron chi connectivity index (χ0n) is 26.1. The zero-order chi connectivity index (χ0) is 29.6. The average Bonchev–Trinajstić information content (AvgIpc) is 2.87. The van der Waals surface area contributed by atoms with Crippen molar-refractivity contribution >= 4 is 12.2 Å².